The van der Waals surface area contributed by atoms with Gasteiger partial charge in [0.25, 0.3) is 0 Å². The molecule has 0 aliphatic heterocycles. The molecule has 1 aromatic rings. The lowest BCUT2D eigenvalue weighted by Gasteiger charge is -2.40. The maximum Gasteiger partial charge on any atom is 0.392 e. The van der Waals surface area contributed by atoms with Gasteiger partial charge in [-0.15, -0.1) is 0 Å². The zero-order chi connectivity index (χ0) is 21.6. The highest BCUT2D eigenvalue weighted by atomic mass is 35.5. The Morgan fingerprint density at radius 2 is 1.83 bits per heavy atom. The number of alkyl halides is 4. The van der Waals surface area contributed by atoms with Crippen molar-refractivity contribution in [3.05, 3.63) is 22.7 Å². The van der Waals surface area contributed by atoms with E-state index in [2.05, 4.69) is 5.32 Å². The van der Waals surface area contributed by atoms with Crippen LogP contribution in [-0.4, -0.2) is 34.6 Å². The topological polar surface area (TPSA) is 58.6 Å². The minimum Gasteiger partial charge on any atom is -0.489 e. The molecule has 2 fully saturated rings. The van der Waals surface area contributed by atoms with E-state index in [0.29, 0.717) is 11.3 Å². The third-order valence-corrected chi connectivity index (χ3v) is 6.36. The molecule has 2 aliphatic carbocycles. The maximum atomic E-state index is 14.1. The summed E-state index contributed by atoms with van der Waals surface area (Å²) in [4.78, 5) is 11.9. The number of hydrogen-bond donors (Lipinski definition) is 2. The standard InChI is InChI=1S/C20H24ClF4NO3/c1-11-7-16(29-13-8-12(9-13)20(23,24)25)14(21)10-15(11)26-19(17(27)28)5-3-18(2,22)4-6-19/h7,10,12-13,26H,3-6,8-9H2,1-2H3,(H,27,28). The molecule has 0 bridgehead atoms. The van der Waals surface area contributed by atoms with Crippen LogP contribution in [0.2, 0.25) is 5.02 Å². The van der Waals surface area contributed by atoms with Crippen LogP contribution in [0.5, 0.6) is 5.75 Å². The first-order valence-electron chi connectivity index (χ1n) is 9.55. The van der Waals surface area contributed by atoms with Crippen molar-refractivity contribution in [3.8, 4) is 5.75 Å². The van der Waals surface area contributed by atoms with Gasteiger partial charge in [0.05, 0.1) is 17.0 Å². The maximum absolute atomic E-state index is 14.1. The molecule has 4 nitrogen and oxygen atoms in total. The Morgan fingerprint density at radius 3 is 2.34 bits per heavy atom. The SMILES string of the molecule is Cc1cc(OC2CC(C(F)(F)F)C2)c(Cl)cc1NC1(C(=O)O)CCC(C)(F)CC1. The quantitative estimate of drug-likeness (QED) is 0.562. The van der Waals surface area contributed by atoms with E-state index in [1.165, 1.54) is 13.0 Å². The van der Waals surface area contributed by atoms with Gasteiger partial charge >= 0.3 is 12.1 Å². The highest BCUT2D eigenvalue weighted by molar-refractivity contribution is 6.32. The summed E-state index contributed by atoms with van der Waals surface area (Å²) in [5, 5.41) is 13.0. The fraction of sp³-hybridized carbons (Fsp3) is 0.650. The largest absolute Gasteiger partial charge is 0.489 e. The molecule has 2 aliphatic rings. The second-order valence-corrected chi connectivity index (χ2v) is 8.88. The van der Waals surface area contributed by atoms with Crippen molar-refractivity contribution in [2.45, 2.75) is 75.9 Å². The summed E-state index contributed by atoms with van der Waals surface area (Å²) in [6, 6.07) is 3.10. The van der Waals surface area contributed by atoms with Crippen LogP contribution in [0.3, 0.4) is 0 Å². The summed E-state index contributed by atoms with van der Waals surface area (Å²) in [6.45, 7) is 3.19. The summed E-state index contributed by atoms with van der Waals surface area (Å²) in [5.41, 5.74) is -1.56. The monoisotopic (exact) mass is 437 g/mol. The molecule has 3 rings (SSSR count). The molecule has 2 N–H and O–H groups in total. The molecule has 9 heteroatoms. The number of anilines is 1. The lowest BCUT2D eigenvalue weighted by Crippen LogP contribution is -2.51. The van der Waals surface area contributed by atoms with E-state index in [-0.39, 0.29) is 49.3 Å². The number of nitrogens with one attached hydrogen (secondary N) is 1. The number of halogens is 5. The molecule has 0 atom stereocenters. The highest BCUT2D eigenvalue weighted by Gasteiger charge is 2.49. The zero-order valence-corrected chi connectivity index (χ0v) is 17.0. The minimum atomic E-state index is -4.21. The number of ether oxygens (including phenoxy) is 1. The fourth-order valence-corrected chi connectivity index (χ4v) is 4.05. The van der Waals surface area contributed by atoms with Gasteiger partial charge in [0.1, 0.15) is 17.0 Å². The molecule has 0 unspecified atom stereocenters. The lowest BCUT2D eigenvalue weighted by atomic mass is 9.75. The summed E-state index contributed by atoms with van der Waals surface area (Å²) in [5.74, 6) is -2.14. The smallest absolute Gasteiger partial charge is 0.392 e. The van der Waals surface area contributed by atoms with Crippen LogP contribution >= 0.6 is 11.6 Å². The van der Waals surface area contributed by atoms with Crippen LogP contribution in [0.4, 0.5) is 23.2 Å². The van der Waals surface area contributed by atoms with Crippen LogP contribution in [0.15, 0.2) is 12.1 Å². The Bertz CT molecular complexity index is 781. The van der Waals surface area contributed by atoms with E-state index in [1.807, 2.05) is 0 Å². The van der Waals surface area contributed by atoms with Crippen molar-refractivity contribution in [2.24, 2.45) is 5.92 Å². The molecule has 0 aromatic heterocycles. The molecule has 0 saturated heterocycles. The summed E-state index contributed by atoms with van der Waals surface area (Å²) in [7, 11) is 0. The molecule has 0 spiro atoms. The molecule has 0 heterocycles. The van der Waals surface area contributed by atoms with Gasteiger partial charge in [-0.2, -0.15) is 13.2 Å². The molecule has 0 amide bonds. The number of aliphatic carboxylic acids is 1. The second-order valence-electron chi connectivity index (χ2n) is 8.47. The highest BCUT2D eigenvalue weighted by Crippen LogP contribution is 2.45. The average molecular weight is 438 g/mol. The van der Waals surface area contributed by atoms with Crippen LogP contribution in [0.1, 0.15) is 51.0 Å². The summed E-state index contributed by atoms with van der Waals surface area (Å²) in [6.07, 6.45) is -4.47. The molecule has 29 heavy (non-hydrogen) atoms. The van der Waals surface area contributed by atoms with Gasteiger partial charge in [-0.05, 0) is 70.1 Å². The molecule has 2 saturated carbocycles. The number of benzene rings is 1. The first-order chi connectivity index (χ1) is 13.3. The van der Waals surface area contributed by atoms with E-state index in [1.54, 1.807) is 13.0 Å². The predicted molar refractivity (Wildman–Crippen MR) is 101 cm³/mol. The molecular weight excluding hydrogens is 414 g/mol. The van der Waals surface area contributed by atoms with Crippen molar-refractivity contribution >= 4 is 23.3 Å². The fourth-order valence-electron chi connectivity index (χ4n) is 3.84. The van der Waals surface area contributed by atoms with Crippen molar-refractivity contribution in [1.82, 2.24) is 0 Å². The van der Waals surface area contributed by atoms with Gasteiger partial charge in [0, 0.05) is 5.69 Å². The van der Waals surface area contributed by atoms with Crippen LogP contribution < -0.4 is 10.1 Å². The van der Waals surface area contributed by atoms with E-state index < -0.39 is 35.4 Å². The third kappa shape index (κ3) is 4.73. The second kappa shape index (κ2) is 7.52. The first-order valence-corrected chi connectivity index (χ1v) is 9.93. The number of hydrogen-bond acceptors (Lipinski definition) is 3. The average Bonchev–Trinajstić information content (AvgIpc) is 2.55. The van der Waals surface area contributed by atoms with Gasteiger partial charge < -0.3 is 15.2 Å². The number of carboxylic acids is 1. The Morgan fingerprint density at radius 1 is 1.24 bits per heavy atom. The first kappa shape index (κ1) is 22.0. The van der Waals surface area contributed by atoms with Crippen molar-refractivity contribution in [2.75, 3.05) is 5.32 Å². The predicted octanol–water partition coefficient (Wildman–Crippen LogP) is 5.91. The molecule has 1 aromatic carbocycles. The van der Waals surface area contributed by atoms with Crippen LogP contribution in [0.25, 0.3) is 0 Å². The van der Waals surface area contributed by atoms with Crippen molar-refractivity contribution < 1.29 is 32.2 Å². The zero-order valence-electron chi connectivity index (χ0n) is 16.2. The Balaban J connectivity index is 1.71. The van der Waals surface area contributed by atoms with E-state index >= 15 is 0 Å². The van der Waals surface area contributed by atoms with Crippen LogP contribution in [0, 0.1) is 12.8 Å². The Hall–Kier alpha value is -1.70. The summed E-state index contributed by atoms with van der Waals surface area (Å²) < 4.78 is 57.6. The van der Waals surface area contributed by atoms with E-state index in [9.17, 15) is 27.5 Å². The Labute approximate surface area is 171 Å². The molecule has 162 valence electrons. The van der Waals surface area contributed by atoms with Gasteiger partial charge in [-0.3, -0.25) is 0 Å². The van der Waals surface area contributed by atoms with E-state index in [0.717, 1.165) is 0 Å². The van der Waals surface area contributed by atoms with Crippen molar-refractivity contribution in [1.29, 1.82) is 0 Å². The third-order valence-electron chi connectivity index (χ3n) is 6.06. The Kier molecular flexibility index (Phi) is 5.71. The number of aryl methyl sites for hydroxylation is 1. The van der Waals surface area contributed by atoms with Gasteiger partial charge in [-0.25, -0.2) is 9.18 Å². The van der Waals surface area contributed by atoms with E-state index in [4.69, 9.17) is 16.3 Å². The lowest BCUT2D eigenvalue weighted by molar-refractivity contribution is -0.210. The summed E-state index contributed by atoms with van der Waals surface area (Å²) >= 11 is 6.25. The van der Waals surface area contributed by atoms with Crippen LogP contribution in [-0.2, 0) is 4.79 Å². The molecular formula is C20H24ClF4NO3. The normalized spacial score (nSPS) is 32.4. The van der Waals surface area contributed by atoms with Gasteiger partial charge in [0.2, 0.25) is 0 Å². The number of carbonyl (C=O) groups is 1. The van der Waals surface area contributed by atoms with Gasteiger partial charge in [0.15, 0.2) is 0 Å². The minimum absolute atomic E-state index is 0.108. The van der Waals surface area contributed by atoms with Gasteiger partial charge in [-0.1, -0.05) is 11.6 Å². The number of carboxylic acid groups (broad SMARTS) is 1. The molecule has 0 radical (unpaired) electrons. The van der Waals surface area contributed by atoms with Crippen molar-refractivity contribution in [3.63, 3.8) is 0 Å². The number of rotatable bonds is 5.